The molecule has 0 saturated carbocycles. The molecule has 0 aliphatic heterocycles. The Hall–Kier alpha value is -2.87. The standard InChI is InChI=1S/C17H17N5O2S/c1-11-6-7-13(12(2)9-11)18-16(24)19-15(23)10-25-17-21-20-14-5-3-4-8-22(14)17/h3-9H,10H2,1-2H3,(H2,18,19,23,24). The predicted molar refractivity (Wildman–Crippen MR) is 96.8 cm³/mol. The van der Waals surface area contributed by atoms with Gasteiger partial charge in [-0.3, -0.25) is 14.5 Å². The van der Waals surface area contributed by atoms with Gasteiger partial charge in [-0.25, -0.2) is 4.79 Å². The molecule has 128 valence electrons. The molecule has 0 fully saturated rings. The number of benzene rings is 1. The quantitative estimate of drug-likeness (QED) is 0.703. The highest BCUT2D eigenvalue weighted by Crippen LogP contribution is 2.17. The van der Waals surface area contributed by atoms with Gasteiger partial charge in [-0.15, -0.1) is 10.2 Å². The summed E-state index contributed by atoms with van der Waals surface area (Å²) in [7, 11) is 0. The Labute approximate surface area is 148 Å². The number of fused-ring (bicyclic) bond motifs is 1. The third-order valence-electron chi connectivity index (χ3n) is 3.50. The third-order valence-corrected chi connectivity index (χ3v) is 4.44. The molecule has 0 aliphatic carbocycles. The third kappa shape index (κ3) is 4.16. The van der Waals surface area contributed by atoms with Gasteiger partial charge in [0.2, 0.25) is 5.91 Å². The largest absolute Gasteiger partial charge is 0.325 e. The van der Waals surface area contributed by atoms with E-state index in [0.29, 0.717) is 16.5 Å². The zero-order chi connectivity index (χ0) is 17.8. The molecule has 0 saturated heterocycles. The van der Waals surface area contributed by atoms with Crippen LogP contribution in [0.15, 0.2) is 47.8 Å². The maximum absolute atomic E-state index is 12.0. The van der Waals surface area contributed by atoms with Crippen LogP contribution >= 0.6 is 11.8 Å². The molecule has 3 aromatic rings. The molecule has 0 radical (unpaired) electrons. The van der Waals surface area contributed by atoms with E-state index in [0.717, 1.165) is 11.1 Å². The normalized spacial score (nSPS) is 10.6. The van der Waals surface area contributed by atoms with Gasteiger partial charge < -0.3 is 5.32 Å². The number of hydrogen-bond donors (Lipinski definition) is 2. The minimum absolute atomic E-state index is 0.0655. The van der Waals surface area contributed by atoms with Crippen molar-refractivity contribution in [1.82, 2.24) is 19.9 Å². The first-order valence-electron chi connectivity index (χ1n) is 7.63. The second kappa shape index (κ2) is 7.35. The summed E-state index contributed by atoms with van der Waals surface area (Å²) in [6, 6.07) is 10.7. The van der Waals surface area contributed by atoms with Crippen LogP contribution in [0.5, 0.6) is 0 Å². The highest BCUT2D eigenvalue weighted by molar-refractivity contribution is 7.99. The van der Waals surface area contributed by atoms with Crippen molar-refractivity contribution in [2.24, 2.45) is 0 Å². The molecule has 2 heterocycles. The van der Waals surface area contributed by atoms with Crippen molar-refractivity contribution >= 4 is 35.0 Å². The SMILES string of the molecule is Cc1ccc(NC(=O)NC(=O)CSc2nnc3ccccn23)c(C)c1. The molecule has 7 nitrogen and oxygen atoms in total. The summed E-state index contributed by atoms with van der Waals surface area (Å²) >= 11 is 1.22. The maximum atomic E-state index is 12.0. The van der Waals surface area contributed by atoms with Gasteiger partial charge in [0.15, 0.2) is 10.8 Å². The summed E-state index contributed by atoms with van der Waals surface area (Å²) in [6.45, 7) is 3.88. The van der Waals surface area contributed by atoms with Gasteiger partial charge in [0, 0.05) is 11.9 Å². The molecule has 0 unspecified atom stereocenters. The van der Waals surface area contributed by atoms with Gasteiger partial charge in [0.05, 0.1) is 5.75 Å². The van der Waals surface area contributed by atoms with Gasteiger partial charge in [-0.05, 0) is 37.6 Å². The van der Waals surface area contributed by atoms with Crippen molar-refractivity contribution in [3.8, 4) is 0 Å². The van der Waals surface area contributed by atoms with E-state index in [2.05, 4.69) is 20.8 Å². The van der Waals surface area contributed by atoms with Gasteiger partial charge >= 0.3 is 6.03 Å². The molecule has 3 rings (SSSR count). The lowest BCUT2D eigenvalue weighted by atomic mass is 10.1. The van der Waals surface area contributed by atoms with Gasteiger partial charge in [0.1, 0.15) is 0 Å². The van der Waals surface area contributed by atoms with Crippen molar-refractivity contribution in [3.63, 3.8) is 0 Å². The lowest BCUT2D eigenvalue weighted by molar-refractivity contribution is -0.117. The molecule has 2 aromatic heterocycles. The Balaban J connectivity index is 1.54. The monoisotopic (exact) mass is 355 g/mol. The summed E-state index contributed by atoms with van der Waals surface area (Å²) < 4.78 is 1.79. The van der Waals surface area contributed by atoms with Gasteiger partial charge in [0.25, 0.3) is 0 Å². The summed E-state index contributed by atoms with van der Waals surface area (Å²) in [5.41, 5.74) is 3.42. The lowest BCUT2D eigenvalue weighted by Crippen LogP contribution is -2.35. The van der Waals surface area contributed by atoms with Gasteiger partial charge in [-0.1, -0.05) is 35.5 Å². The second-order valence-corrected chi connectivity index (χ2v) is 6.46. The number of aromatic nitrogens is 3. The average molecular weight is 355 g/mol. The van der Waals surface area contributed by atoms with Gasteiger partial charge in [-0.2, -0.15) is 0 Å². The average Bonchev–Trinajstić information content (AvgIpc) is 2.99. The summed E-state index contributed by atoms with van der Waals surface area (Å²) in [5, 5.41) is 13.6. The Morgan fingerprint density at radius 3 is 2.80 bits per heavy atom. The van der Waals surface area contributed by atoms with Crippen LogP contribution in [0, 0.1) is 13.8 Å². The lowest BCUT2D eigenvalue weighted by Gasteiger charge is -2.09. The fourth-order valence-electron chi connectivity index (χ4n) is 2.32. The highest BCUT2D eigenvalue weighted by atomic mass is 32.2. The predicted octanol–water partition coefficient (Wildman–Crippen LogP) is 2.79. The van der Waals surface area contributed by atoms with Crippen LogP contribution in [-0.4, -0.2) is 32.3 Å². The van der Waals surface area contributed by atoms with E-state index in [1.54, 1.807) is 4.40 Å². The molecular formula is C17H17N5O2S. The number of nitrogens with zero attached hydrogens (tertiary/aromatic N) is 3. The van der Waals surface area contributed by atoms with Crippen LogP contribution < -0.4 is 10.6 Å². The highest BCUT2D eigenvalue weighted by Gasteiger charge is 2.12. The number of thioether (sulfide) groups is 1. The van der Waals surface area contributed by atoms with Crippen molar-refractivity contribution in [1.29, 1.82) is 0 Å². The Morgan fingerprint density at radius 1 is 1.16 bits per heavy atom. The van der Waals surface area contributed by atoms with Crippen LogP contribution in [0.1, 0.15) is 11.1 Å². The smallest absolute Gasteiger partial charge is 0.307 e. The number of pyridine rings is 1. The van der Waals surface area contributed by atoms with Crippen LogP contribution in [-0.2, 0) is 4.79 Å². The molecular weight excluding hydrogens is 338 g/mol. The Morgan fingerprint density at radius 2 is 2.00 bits per heavy atom. The number of imide groups is 1. The van der Waals surface area contributed by atoms with E-state index in [1.165, 1.54) is 11.8 Å². The summed E-state index contributed by atoms with van der Waals surface area (Å²) in [6.07, 6.45) is 1.82. The van der Waals surface area contributed by atoms with Crippen molar-refractivity contribution in [2.75, 3.05) is 11.1 Å². The molecule has 0 spiro atoms. The number of hydrogen-bond acceptors (Lipinski definition) is 5. The van der Waals surface area contributed by atoms with Crippen LogP contribution in [0.2, 0.25) is 0 Å². The first-order valence-corrected chi connectivity index (χ1v) is 8.62. The van der Waals surface area contributed by atoms with Crippen molar-refractivity contribution in [2.45, 2.75) is 19.0 Å². The maximum Gasteiger partial charge on any atom is 0.325 e. The van der Waals surface area contributed by atoms with Crippen LogP contribution in [0.3, 0.4) is 0 Å². The van der Waals surface area contributed by atoms with Crippen LogP contribution in [0.4, 0.5) is 10.5 Å². The fraction of sp³-hybridized carbons (Fsp3) is 0.176. The molecule has 8 heteroatoms. The first-order chi connectivity index (χ1) is 12.0. The number of carbonyl (C=O) groups excluding carboxylic acids is 2. The molecule has 25 heavy (non-hydrogen) atoms. The van der Waals surface area contributed by atoms with E-state index in [9.17, 15) is 9.59 Å². The Kier molecular flexibility index (Phi) is 4.99. The zero-order valence-electron chi connectivity index (χ0n) is 13.8. The van der Waals surface area contributed by atoms with Crippen LogP contribution in [0.25, 0.3) is 5.65 Å². The molecule has 0 bridgehead atoms. The first kappa shape index (κ1) is 17.0. The number of nitrogens with one attached hydrogen (secondary N) is 2. The topological polar surface area (TPSA) is 88.4 Å². The molecule has 0 atom stereocenters. The van der Waals surface area contributed by atoms with E-state index in [-0.39, 0.29) is 5.75 Å². The molecule has 2 N–H and O–H groups in total. The van der Waals surface area contributed by atoms with E-state index in [1.807, 2.05) is 56.4 Å². The number of urea groups is 1. The fourth-order valence-corrected chi connectivity index (χ4v) is 3.04. The van der Waals surface area contributed by atoms with E-state index < -0.39 is 11.9 Å². The number of carbonyl (C=O) groups is 2. The van der Waals surface area contributed by atoms with E-state index in [4.69, 9.17) is 0 Å². The molecule has 3 amide bonds. The minimum atomic E-state index is -0.552. The van der Waals surface area contributed by atoms with Crippen molar-refractivity contribution in [3.05, 3.63) is 53.7 Å². The number of rotatable bonds is 4. The number of aryl methyl sites for hydroxylation is 2. The van der Waals surface area contributed by atoms with Crippen molar-refractivity contribution < 1.29 is 9.59 Å². The number of amides is 3. The number of anilines is 1. The summed E-state index contributed by atoms with van der Waals surface area (Å²) in [4.78, 5) is 23.9. The Bertz CT molecular complexity index is 938. The minimum Gasteiger partial charge on any atom is -0.307 e. The summed E-state index contributed by atoms with van der Waals surface area (Å²) in [5.74, 6) is -0.337. The molecule has 0 aliphatic rings. The molecule has 1 aromatic carbocycles. The van der Waals surface area contributed by atoms with E-state index >= 15 is 0 Å². The zero-order valence-corrected chi connectivity index (χ0v) is 14.6. The second-order valence-electron chi connectivity index (χ2n) is 5.52.